The van der Waals surface area contributed by atoms with Crippen molar-refractivity contribution < 1.29 is 17.9 Å². The third kappa shape index (κ3) is 5.21. The Morgan fingerprint density at radius 3 is 2.42 bits per heavy atom. The van der Waals surface area contributed by atoms with E-state index in [1.807, 2.05) is 0 Å². The quantitative estimate of drug-likeness (QED) is 0.692. The van der Waals surface area contributed by atoms with Gasteiger partial charge >= 0.3 is 0 Å². The van der Waals surface area contributed by atoms with Gasteiger partial charge in [0.1, 0.15) is 5.75 Å². The standard InChI is InChI=1S/C17H26N2O4S/c1-24(21,22)15-8-6-14(7-9-15)23-12-4-5-16(20)19-17(13-18)10-2-3-11-17/h6-9H,2-5,10-13,18H2,1H3,(H,19,20). The zero-order valence-electron chi connectivity index (χ0n) is 14.1. The maximum atomic E-state index is 12.0. The van der Waals surface area contributed by atoms with Crippen molar-refractivity contribution in [1.82, 2.24) is 5.32 Å². The predicted molar refractivity (Wildman–Crippen MR) is 92.7 cm³/mol. The lowest BCUT2D eigenvalue weighted by Gasteiger charge is -2.28. The Morgan fingerprint density at radius 2 is 1.88 bits per heavy atom. The second-order valence-electron chi connectivity index (χ2n) is 6.44. The molecule has 24 heavy (non-hydrogen) atoms. The molecule has 1 saturated carbocycles. The highest BCUT2D eigenvalue weighted by Gasteiger charge is 2.33. The van der Waals surface area contributed by atoms with Crippen molar-refractivity contribution in [1.29, 1.82) is 0 Å². The van der Waals surface area contributed by atoms with E-state index in [2.05, 4.69) is 5.32 Å². The second-order valence-corrected chi connectivity index (χ2v) is 8.45. The van der Waals surface area contributed by atoms with E-state index in [4.69, 9.17) is 10.5 Å². The van der Waals surface area contributed by atoms with Gasteiger partial charge in [0, 0.05) is 19.2 Å². The molecule has 0 atom stereocenters. The van der Waals surface area contributed by atoms with Gasteiger partial charge in [-0.05, 0) is 43.5 Å². The number of hydrogen-bond donors (Lipinski definition) is 2. The molecule has 1 fully saturated rings. The first-order valence-corrected chi connectivity index (χ1v) is 10.2. The summed E-state index contributed by atoms with van der Waals surface area (Å²) >= 11 is 0. The summed E-state index contributed by atoms with van der Waals surface area (Å²) in [5, 5.41) is 3.08. The number of rotatable bonds is 8. The molecule has 0 heterocycles. The molecule has 0 bridgehead atoms. The minimum atomic E-state index is -3.19. The number of amides is 1. The largest absolute Gasteiger partial charge is 0.494 e. The van der Waals surface area contributed by atoms with Crippen LogP contribution in [0, 0.1) is 0 Å². The summed E-state index contributed by atoms with van der Waals surface area (Å²) in [4.78, 5) is 12.3. The first kappa shape index (κ1) is 18.7. The molecule has 2 rings (SSSR count). The third-order valence-electron chi connectivity index (χ3n) is 4.42. The summed E-state index contributed by atoms with van der Waals surface area (Å²) in [6.07, 6.45) is 6.30. The minimum absolute atomic E-state index is 0.0124. The smallest absolute Gasteiger partial charge is 0.220 e. The van der Waals surface area contributed by atoms with E-state index in [9.17, 15) is 13.2 Å². The maximum absolute atomic E-state index is 12.0. The molecule has 1 aliphatic carbocycles. The molecule has 0 aromatic heterocycles. The van der Waals surface area contributed by atoms with Crippen LogP contribution in [0.15, 0.2) is 29.2 Å². The first-order valence-electron chi connectivity index (χ1n) is 8.29. The fourth-order valence-electron chi connectivity index (χ4n) is 3.00. The highest BCUT2D eigenvalue weighted by molar-refractivity contribution is 7.90. The van der Waals surface area contributed by atoms with Crippen LogP contribution in [-0.4, -0.2) is 39.3 Å². The first-order chi connectivity index (χ1) is 11.3. The normalized spacial score (nSPS) is 16.8. The number of nitrogens with one attached hydrogen (secondary N) is 1. The number of benzene rings is 1. The van der Waals surface area contributed by atoms with E-state index in [1.165, 1.54) is 18.4 Å². The minimum Gasteiger partial charge on any atom is -0.494 e. The molecule has 1 aromatic carbocycles. The number of hydrogen-bond acceptors (Lipinski definition) is 5. The molecule has 1 amide bonds. The van der Waals surface area contributed by atoms with Gasteiger partial charge in [-0.2, -0.15) is 0 Å². The van der Waals surface area contributed by atoms with Crippen LogP contribution in [0.25, 0.3) is 0 Å². The molecule has 134 valence electrons. The van der Waals surface area contributed by atoms with Crippen LogP contribution >= 0.6 is 0 Å². The van der Waals surface area contributed by atoms with Crippen LogP contribution in [0.4, 0.5) is 0 Å². The fourth-order valence-corrected chi connectivity index (χ4v) is 3.63. The molecular weight excluding hydrogens is 328 g/mol. The van der Waals surface area contributed by atoms with Crippen LogP contribution in [0.3, 0.4) is 0 Å². The van der Waals surface area contributed by atoms with Gasteiger partial charge in [-0.15, -0.1) is 0 Å². The molecule has 7 heteroatoms. The number of carbonyl (C=O) groups is 1. The zero-order valence-corrected chi connectivity index (χ0v) is 14.9. The van der Waals surface area contributed by atoms with Crippen molar-refractivity contribution in [3.63, 3.8) is 0 Å². The molecule has 0 unspecified atom stereocenters. The Hall–Kier alpha value is -1.60. The lowest BCUT2D eigenvalue weighted by molar-refractivity contribution is -0.123. The van der Waals surface area contributed by atoms with Crippen molar-refractivity contribution >= 4 is 15.7 Å². The van der Waals surface area contributed by atoms with Gasteiger partial charge in [0.25, 0.3) is 0 Å². The molecule has 1 aliphatic rings. The fraction of sp³-hybridized carbons (Fsp3) is 0.588. The molecule has 3 N–H and O–H groups in total. The second kappa shape index (κ2) is 7.98. The Kier molecular flexibility index (Phi) is 6.23. The summed E-state index contributed by atoms with van der Waals surface area (Å²) < 4.78 is 28.3. The molecule has 0 aliphatic heterocycles. The van der Waals surface area contributed by atoms with Gasteiger partial charge in [0.2, 0.25) is 5.91 Å². The van der Waals surface area contributed by atoms with Crippen LogP contribution < -0.4 is 15.8 Å². The summed E-state index contributed by atoms with van der Waals surface area (Å²) in [7, 11) is -3.19. The number of ether oxygens (including phenoxy) is 1. The van der Waals surface area contributed by atoms with Crippen molar-refractivity contribution in [2.45, 2.75) is 49.0 Å². The average Bonchev–Trinajstić information content (AvgIpc) is 3.00. The number of sulfone groups is 1. The highest BCUT2D eigenvalue weighted by Crippen LogP contribution is 2.28. The van der Waals surface area contributed by atoms with E-state index in [0.717, 1.165) is 25.7 Å². The monoisotopic (exact) mass is 354 g/mol. The molecule has 6 nitrogen and oxygen atoms in total. The van der Waals surface area contributed by atoms with E-state index in [-0.39, 0.29) is 16.3 Å². The third-order valence-corrected chi connectivity index (χ3v) is 5.55. The summed E-state index contributed by atoms with van der Waals surface area (Å²) in [6.45, 7) is 0.892. The zero-order chi connectivity index (χ0) is 17.6. The van der Waals surface area contributed by atoms with Crippen LogP contribution in [0.1, 0.15) is 38.5 Å². The molecule has 0 radical (unpaired) electrons. The van der Waals surface area contributed by atoms with Crippen molar-refractivity contribution in [2.24, 2.45) is 5.73 Å². The molecular formula is C17H26N2O4S. The SMILES string of the molecule is CS(=O)(=O)c1ccc(OCCCC(=O)NC2(CN)CCCC2)cc1. The highest BCUT2D eigenvalue weighted by atomic mass is 32.2. The predicted octanol–water partition coefficient (Wildman–Crippen LogP) is 1.64. The number of nitrogens with two attached hydrogens (primary N) is 1. The Labute approximate surface area is 143 Å². The molecule has 0 spiro atoms. The van der Waals surface area contributed by atoms with Crippen LogP contribution in [0.2, 0.25) is 0 Å². The van der Waals surface area contributed by atoms with Crippen LogP contribution in [-0.2, 0) is 14.6 Å². The lowest BCUT2D eigenvalue weighted by atomic mass is 9.97. The number of carbonyl (C=O) groups excluding carboxylic acids is 1. The van der Waals surface area contributed by atoms with Gasteiger partial charge in [-0.25, -0.2) is 8.42 Å². The maximum Gasteiger partial charge on any atom is 0.220 e. The summed E-state index contributed by atoms with van der Waals surface area (Å²) in [6, 6.07) is 6.28. The Morgan fingerprint density at radius 1 is 1.25 bits per heavy atom. The summed E-state index contributed by atoms with van der Waals surface area (Å²) in [5.41, 5.74) is 5.60. The molecule has 0 saturated heterocycles. The average molecular weight is 354 g/mol. The van der Waals surface area contributed by atoms with Gasteiger partial charge in [0.05, 0.1) is 17.0 Å². The van der Waals surface area contributed by atoms with Gasteiger partial charge in [0.15, 0.2) is 9.84 Å². The summed E-state index contributed by atoms with van der Waals surface area (Å²) in [5.74, 6) is 0.607. The van der Waals surface area contributed by atoms with Crippen molar-refractivity contribution in [3.8, 4) is 5.75 Å². The van der Waals surface area contributed by atoms with E-state index in [1.54, 1.807) is 12.1 Å². The van der Waals surface area contributed by atoms with E-state index in [0.29, 0.717) is 31.7 Å². The Bertz CT molecular complexity index is 650. The van der Waals surface area contributed by atoms with Gasteiger partial charge in [-0.1, -0.05) is 12.8 Å². The van der Waals surface area contributed by atoms with Crippen molar-refractivity contribution in [2.75, 3.05) is 19.4 Å². The molecule has 1 aromatic rings. The van der Waals surface area contributed by atoms with E-state index < -0.39 is 9.84 Å². The van der Waals surface area contributed by atoms with Crippen LogP contribution in [0.5, 0.6) is 5.75 Å². The lowest BCUT2D eigenvalue weighted by Crippen LogP contribution is -2.51. The van der Waals surface area contributed by atoms with Gasteiger partial charge in [-0.3, -0.25) is 4.79 Å². The Balaban J connectivity index is 1.72. The van der Waals surface area contributed by atoms with Crippen molar-refractivity contribution in [3.05, 3.63) is 24.3 Å². The van der Waals surface area contributed by atoms with Gasteiger partial charge < -0.3 is 15.8 Å². The van der Waals surface area contributed by atoms with E-state index >= 15 is 0 Å². The topological polar surface area (TPSA) is 98.5 Å².